The summed E-state index contributed by atoms with van der Waals surface area (Å²) in [4.78, 5) is 0. The molecule has 0 heterocycles. The average Bonchev–Trinajstić information content (AvgIpc) is 2.70. The maximum Gasteiger partial charge on any atom is 0.429 e. The van der Waals surface area contributed by atoms with Crippen molar-refractivity contribution in [3.8, 4) is 5.75 Å². The highest BCUT2D eigenvalue weighted by Gasteiger charge is 2.38. The lowest BCUT2D eigenvalue weighted by atomic mass is 9.79. The third-order valence-corrected chi connectivity index (χ3v) is 5.39. The zero-order valence-corrected chi connectivity index (χ0v) is 16.4. The molecule has 0 aromatic heterocycles. The van der Waals surface area contributed by atoms with Gasteiger partial charge < -0.3 is 9.47 Å². The van der Waals surface area contributed by atoms with Gasteiger partial charge in [0.05, 0.1) is 5.56 Å². The fourth-order valence-electron chi connectivity index (χ4n) is 3.76. The number of alkyl halides is 2. The van der Waals surface area contributed by atoms with E-state index < -0.39 is 40.7 Å². The second kappa shape index (κ2) is 9.29. The molecular weight excluding hydrogens is 410 g/mol. The van der Waals surface area contributed by atoms with E-state index in [9.17, 15) is 26.3 Å². The van der Waals surface area contributed by atoms with Gasteiger partial charge in [0.15, 0.2) is 17.5 Å². The molecule has 164 valence electrons. The minimum Gasteiger partial charge on any atom is -0.429 e. The number of hydrogen-bond donors (Lipinski definition) is 0. The van der Waals surface area contributed by atoms with Crippen molar-refractivity contribution < 1.29 is 35.8 Å². The highest BCUT2D eigenvalue weighted by atomic mass is 19.3. The molecule has 0 radical (unpaired) electrons. The van der Waals surface area contributed by atoms with Crippen molar-refractivity contribution in [3.63, 3.8) is 0 Å². The molecule has 1 fully saturated rings. The van der Waals surface area contributed by atoms with Crippen molar-refractivity contribution in [1.29, 1.82) is 0 Å². The fourth-order valence-corrected chi connectivity index (χ4v) is 3.76. The van der Waals surface area contributed by atoms with Gasteiger partial charge in [0.2, 0.25) is 0 Å². The molecule has 2 nitrogen and oxygen atoms in total. The highest BCUT2D eigenvalue weighted by Crippen LogP contribution is 2.39. The third kappa shape index (κ3) is 5.09. The number of benzene rings is 2. The number of halogens is 6. The van der Waals surface area contributed by atoms with Crippen LogP contribution in [-0.4, -0.2) is 13.2 Å². The molecule has 3 rings (SSSR count). The first kappa shape index (κ1) is 22.5. The van der Waals surface area contributed by atoms with E-state index in [1.165, 1.54) is 6.07 Å². The van der Waals surface area contributed by atoms with E-state index in [1.54, 1.807) is 0 Å². The van der Waals surface area contributed by atoms with Crippen molar-refractivity contribution >= 4 is 0 Å². The molecule has 1 aliphatic rings. The lowest BCUT2D eigenvalue weighted by Gasteiger charge is -2.29. The summed E-state index contributed by atoms with van der Waals surface area (Å²) in [5, 5.41) is 0. The van der Waals surface area contributed by atoms with Gasteiger partial charge in [-0.2, -0.15) is 8.78 Å². The Balaban J connectivity index is 1.71. The van der Waals surface area contributed by atoms with Gasteiger partial charge in [-0.15, -0.1) is 0 Å². The molecule has 0 amide bonds. The molecule has 0 saturated heterocycles. The standard InChI is InChI=1S/C22H22F6O2/c1-2-29-12-13-3-5-14(6-4-13)15-7-8-17(18(23)9-15)22(27,28)30-16-10-19(24)21(26)20(25)11-16/h7-11,13-14H,2-6,12H2,1H3. The Morgan fingerprint density at radius 3 is 2.10 bits per heavy atom. The molecule has 2 aromatic rings. The Morgan fingerprint density at radius 1 is 0.900 bits per heavy atom. The summed E-state index contributed by atoms with van der Waals surface area (Å²) in [6, 6.07) is 3.92. The van der Waals surface area contributed by atoms with Crippen molar-refractivity contribution in [2.75, 3.05) is 13.2 Å². The van der Waals surface area contributed by atoms with E-state index in [2.05, 4.69) is 4.74 Å². The molecule has 1 aliphatic carbocycles. The summed E-state index contributed by atoms with van der Waals surface area (Å²) >= 11 is 0. The average molecular weight is 432 g/mol. The zero-order chi connectivity index (χ0) is 21.9. The van der Waals surface area contributed by atoms with E-state index in [0.717, 1.165) is 37.8 Å². The fraction of sp³-hybridized carbons (Fsp3) is 0.455. The van der Waals surface area contributed by atoms with E-state index in [1.807, 2.05) is 6.92 Å². The van der Waals surface area contributed by atoms with Gasteiger partial charge in [0.25, 0.3) is 0 Å². The van der Waals surface area contributed by atoms with Crippen molar-refractivity contribution in [1.82, 2.24) is 0 Å². The van der Waals surface area contributed by atoms with Gasteiger partial charge >= 0.3 is 6.11 Å². The van der Waals surface area contributed by atoms with E-state index in [0.29, 0.717) is 24.7 Å². The first-order valence-corrected chi connectivity index (χ1v) is 9.80. The van der Waals surface area contributed by atoms with Gasteiger partial charge in [-0.1, -0.05) is 6.07 Å². The van der Waals surface area contributed by atoms with Crippen molar-refractivity contribution in [2.45, 2.75) is 44.6 Å². The summed E-state index contributed by atoms with van der Waals surface area (Å²) < 4.78 is 92.4. The smallest absolute Gasteiger partial charge is 0.429 e. The normalized spacial score (nSPS) is 19.7. The second-order valence-electron chi connectivity index (χ2n) is 7.44. The van der Waals surface area contributed by atoms with Gasteiger partial charge in [-0.3, -0.25) is 0 Å². The quantitative estimate of drug-likeness (QED) is 0.359. The summed E-state index contributed by atoms with van der Waals surface area (Å²) in [5.74, 6) is -6.81. The minimum atomic E-state index is -4.20. The first-order valence-electron chi connectivity index (χ1n) is 9.80. The van der Waals surface area contributed by atoms with Crippen LogP contribution in [0.25, 0.3) is 0 Å². The summed E-state index contributed by atoms with van der Waals surface area (Å²) in [6.45, 7) is 3.27. The van der Waals surface area contributed by atoms with Crippen LogP contribution in [0.4, 0.5) is 26.3 Å². The third-order valence-electron chi connectivity index (χ3n) is 5.39. The van der Waals surface area contributed by atoms with Crippen LogP contribution in [0.1, 0.15) is 49.7 Å². The predicted molar refractivity (Wildman–Crippen MR) is 98.4 cm³/mol. The molecule has 0 atom stereocenters. The minimum absolute atomic E-state index is 0.0567. The Hall–Kier alpha value is -2.22. The molecule has 2 aromatic carbocycles. The molecule has 0 aliphatic heterocycles. The molecule has 8 heteroatoms. The van der Waals surface area contributed by atoms with Gasteiger partial charge in [0.1, 0.15) is 11.6 Å². The molecular formula is C22H22F6O2. The second-order valence-corrected chi connectivity index (χ2v) is 7.44. The molecule has 30 heavy (non-hydrogen) atoms. The van der Waals surface area contributed by atoms with Crippen LogP contribution in [-0.2, 0) is 10.8 Å². The van der Waals surface area contributed by atoms with Crippen molar-refractivity contribution in [3.05, 3.63) is 64.7 Å². The van der Waals surface area contributed by atoms with Gasteiger partial charge in [-0.25, -0.2) is 17.6 Å². The zero-order valence-electron chi connectivity index (χ0n) is 16.4. The predicted octanol–water partition coefficient (Wildman–Crippen LogP) is 6.68. The Kier molecular flexibility index (Phi) is 6.95. The lowest BCUT2D eigenvalue weighted by molar-refractivity contribution is -0.187. The van der Waals surface area contributed by atoms with E-state index in [4.69, 9.17) is 4.74 Å². The Morgan fingerprint density at radius 2 is 1.53 bits per heavy atom. The topological polar surface area (TPSA) is 18.5 Å². The van der Waals surface area contributed by atoms with Crippen LogP contribution in [0.5, 0.6) is 5.75 Å². The highest BCUT2D eigenvalue weighted by molar-refractivity contribution is 5.31. The number of hydrogen-bond acceptors (Lipinski definition) is 2. The van der Waals surface area contributed by atoms with Crippen LogP contribution in [0, 0.1) is 29.2 Å². The van der Waals surface area contributed by atoms with E-state index >= 15 is 0 Å². The maximum atomic E-state index is 14.5. The van der Waals surface area contributed by atoms with Gasteiger partial charge in [-0.05, 0) is 62.1 Å². The van der Waals surface area contributed by atoms with Crippen LogP contribution < -0.4 is 4.74 Å². The molecule has 1 saturated carbocycles. The van der Waals surface area contributed by atoms with Crippen LogP contribution in [0.15, 0.2) is 30.3 Å². The maximum absolute atomic E-state index is 14.5. The molecule has 0 unspecified atom stereocenters. The summed E-state index contributed by atoms with van der Waals surface area (Å²) in [5.41, 5.74) is -0.456. The van der Waals surface area contributed by atoms with Crippen molar-refractivity contribution in [2.24, 2.45) is 5.92 Å². The van der Waals surface area contributed by atoms with Crippen LogP contribution in [0.2, 0.25) is 0 Å². The monoisotopic (exact) mass is 432 g/mol. The summed E-state index contributed by atoms with van der Waals surface area (Å²) in [6.07, 6.45) is -0.770. The Labute approximate surface area is 170 Å². The number of ether oxygens (including phenoxy) is 2. The largest absolute Gasteiger partial charge is 0.429 e. The molecule has 0 spiro atoms. The van der Waals surface area contributed by atoms with Gasteiger partial charge in [0, 0.05) is 25.3 Å². The SMILES string of the molecule is CCOCC1CCC(c2ccc(C(F)(F)Oc3cc(F)c(F)c(F)c3)c(F)c2)CC1. The van der Waals surface area contributed by atoms with E-state index in [-0.39, 0.29) is 18.1 Å². The number of rotatable bonds is 7. The van der Waals surface area contributed by atoms with Crippen LogP contribution in [0.3, 0.4) is 0 Å². The molecule has 0 bridgehead atoms. The first-order chi connectivity index (χ1) is 14.2. The molecule has 0 N–H and O–H groups in total. The lowest BCUT2D eigenvalue weighted by Crippen LogP contribution is -2.24. The summed E-state index contributed by atoms with van der Waals surface area (Å²) in [7, 11) is 0. The van der Waals surface area contributed by atoms with Crippen LogP contribution >= 0.6 is 0 Å². The Bertz CT molecular complexity index is 855.